The second-order valence-electron chi connectivity index (χ2n) is 4.65. The normalized spacial score (nSPS) is 13.9. The maximum absolute atomic E-state index is 13.5. The summed E-state index contributed by atoms with van der Waals surface area (Å²) in [4.78, 5) is 22.6. The molecular weight excluding hydrogens is 277 g/mol. The highest BCUT2D eigenvalue weighted by Crippen LogP contribution is 2.20. The smallest absolute Gasteiger partial charge is 0.328 e. The fourth-order valence-corrected chi connectivity index (χ4v) is 1.57. The van der Waals surface area contributed by atoms with E-state index >= 15 is 0 Å². The van der Waals surface area contributed by atoms with E-state index in [1.807, 2.05) is 6.92 Å². The molecule has 0 aliphatic carbocycles. The maximum Gasteiger partial charge on any atom is 0.328 e. The molecule has 2 N–H and O–H groups in total. The van der Waals surface area contributed by atoms with Crippen molar-refractivity contribution in [2.45, 2.75) is 25.9 Å². The summed E-state index contributed by atoms with van der Waals surface area (Å²) in [7, 11) is 1.44. The first-order chi connectivity index (χ1) is 9.82. The number of hydrogen-bond acceptors (Lipinski definition) is 3. The Morgan fingerprint density at radius 3 is 2.67 bits per heavy atom. The molecule has 0 saturated heterocycles. The van der Waals surface area contributed by atoms with Crippen LogP contribution >= 0.6 is 0 Å². The molecule has 0 fully saturated rings. The number of rotatable bonds is 6. The minimum Gasteiger partial charge on any atom is -0.478 e. The first-order valence-electron chi connectivity index (χ1n) is 6.39. The molecule has 0 heterocycles. The Kier molecular flexibility index (Phi) is 5.60. The third kappa shape index (κ3) is 4.39. The van der Waals surface area contributed by atoms with Crippen molar-refractivity contribution in [3.8, 4) is 0 Å². The highest BCUT2D eigenvalue weighted by atomic mass is 19.1. The lowest BCUT2D eigenvalue weighted by Crippen LogP contribution is -2.41. The van der Waals surface area contributed by atoms with Crippen LogP contribution in [0.15, 0.2) is 24.3 Å². The number of ether oxygens (including phenoxy) is 1. The van der Waals surface area contributed by atoms with Crippen LogP contribution in [0.4, 0.5) is 10.1 Å². The number of nitrogens with one attached hydrogen (secondary N) is 1. The van der Waals surface area contributed by atoms with Crippen LogP contribution in [0.3, 0.4) is 0 Å². The van der Waals surface area contributed by atoms with Gasteiger partial charge in [0, 0.05) is 24.4 Å². The number of carboxylic acids is 1. The number of hydrogen-bond donors (Lipinski definition) is 2. The maximum atomic E-state index is 13.5. The number of benzene rings is 1. The van der Waals surface area contributed by atoms with Crippen LogP contribution in [0, 0.1) is 5.82 Å². The standard InChI is InChI=1S/C15H18FNO4/c1-4-15(2,21-3)14(20)17-11-6-7-12(16)10(9-11)5-8-13(18)19/h5-9H,4H2,1-3H3,(H,17,20)(H,18,19)/b8-5+. The second-order valence-corrected chi connectivity index (χ2v) is 4.65. The molecular formula is C15H18FNO4. The monoisotopic (exact) mass is 295 g/mol. The van der Waals surface area contributed by atoms with Gasteiger partial charge in [0.25, 0.3) is 5.91 Å². The minimum atomic E-state index is -1.18. The van der Waals surface area contributed by atoms with Gasteiger partial charge in [-0.15, -0.1) is 0 Å². The average molecular weight is 295 g/mol. The van der Waals surface area contributed by atoms with Crippen molar-refractivity contribution >= 4 is 23.6 Å². The van der Waals surface area contributed by atoms with Crippen LogP contribution < -0.4 is 5.32 Å². The van der Waals surface area contributed by atoms with E-state index in [9.17, 15) is 14.0 Å². The van der Waals surface area contributed by atoms with Crippen molar-refractivity contribution in [2.75, 3.05) is 12.4 Å². The summed E-state index contributed by atoms with van der Waals surface area (Å²) in [6, 6.07) is 3.92. The highest BCUT2D eigenvalue weighted by molar-refractivity contribution is 5.97. The van der Waals surface area contributed by atoms with Crippen LogP contribution in [0.5, 0.6) is 0 Å². The molecule has 0 aromatic heterocycles. The van der Waals surface area contributed by atoms with E-state index in [1.165, 1.54) is 19.2 Å². The van der Waals surface area contributed by atoms with Crippen LogP contribution in [-0.4, -0.2) is 29.7 Å². The molecule has 1 amide bonds. The topological polar surface area (TPSA) is 75.6 Å². The van der Waals surface area contributed by atoms with E-state index in [0.29, 0.717) is 12.1 Å². The quantitative estimate of drug-likeness (QED) is 0.791. The number of aliphatic carboxylic acids is 1. The molecule has 0 aliphatic rings. The van der Waals surface area contributed by atoms with Crippen LogP contribution in [0.1, 0.15) is 25.8 Å². The summed E-state index contributed by atoms with van der Waals surface area (Å²) < 4.78 is 18.7. The average Bonchev–Trinajstić information content (AvgIpc) is 2.46. The molecule has 1 atom stereocenters. The SMILES string of the molecule is CCC(C)(OC)C(=O)Nc1ccc(F)c(/C=C/C(=O)O)c1. The molecule has 1 aromatic carbocycles. The zero-order chi connectivity index (χ0) is 16.0. The number of methoxy groups -OCH3 is 1. The van der Waals surface area contributed by atoms with Crippen molar-refractivity contribution in [2.24, 2.45) is 0 Å². The van der Waals surface area contributed by atoms with Crippen molar-refractivity contribution in [3.63, 3.8) is 0 Å². The molecule has 0 bridgehead atoms. The van der Waals surface area contributed by atoms with E-state index in [2.05, 4.69) is 5.32 Å². The van der Waals surface area contributed by atoms with E-state index in [0.717, 1.165) is 18.2 Å². The third-order valence-corrected chi connectivity index (χ3v) is 3.26. The van der Waals surface area contributed by atoms with Crippen molar-refractivity contribution in [1.29, 1.82) is 0 Å². The largest absolute Gasteiger partial charge is 0.478 e. The number of halogens is 1. The Bertz CT molecular complexity index is 565. The first kappa shape index (κ1) is 16.8. The van der Waals surface area contributed by atoms with Gasteiger partial charge >= 0.3 is 5.97 Å². The Balaban J connectivity index is 2.98. The Hall–Kier alpha value is -2.21. The minimum absolute atomic E-state index is 0.0748. The highest BCUT2D eigenvalue weighted by Gasteiger charge is 2.30. The number of carboxylic acid groups (broad SMARTS) is 1. The van der Waals surface area contributed by atoms with Crippen molar-refractivity contribution in [3.05, 3.63) is 35.7 Å². The first-order valence-corrected chi connectivity index (χ1v) is 6.39. The summed E-state index contributed by atoms with van der Waals surface area (Å²) in [5.41, 5.74) is -0.542. The second kappa shape index (κ2) is 6.99. The van der Waals surface area contributed by atoms with Crippen LogP contribution in [0.25, 0.3) is 6.08 Å². The zero-order valence-electron chi connectivity index (χ0n) is 12.1. The van der Waals surface area contributed by atoms with Crippen molar-refractivity contribution < 1.29 is 23.8 Å². The molecule has 0 aliphatic heterocycles. The Morgan fingerprint density at radius 2 is 2.14 bits per heavy atom. The van der Waals surface area contributed by atoms with E-state index in [1.54, 1.807) is 6.92 Å². The Morgan fingerprint density at radius 1 is 1.48 bits per heavy atom. The van der Waals surface area contributed by atoms with Gasteiger partial charge in [-0.05, 0) is 37.6 Å². The van der Waals surface area contributed by atoms with E-state index in [4.69, 9.17) is 9.84 Å². The zero-order valence-corrected chi connectivity index (χ0v) is 12.1. The lowest BCUT2D eigenvalue weighted by molar-refractivity contribution is -0.136. The van der Waals surface area contributed by atoms with Gasteiger partial charge < -0.3 is 15.2 Å². The van der Waals surface area contributed by atoms with Gasteiger partial charge in [-0.25, -0.2) is 9.18 Å². The number of amides is 1. The summed E-state index contributed by atoms with van der Waals surface area (Å²) >= 11 is 0. The number of carbonyl (C=O) groups is 2. The van der Waals surface area contributed by atoms with Gasteiger partial charge in [0.05, 0.1) is 0 Å². The van der Waals surface area contributed by atoms with E-state index < -0.39 is 17.4 Å². The summed E-state index contributed by atoms with van der Waals surface area (Å²) in [5, 5.41) is 11.2. The lowest BCUT2D eigenvalue weighted by atomic mass is 10.0. The molecule has 0 spiro atoms. The fourth-order valence-electron chi connectivity index (χ4n) is 1.57. The molecule has 114 valence electrons. The van der Waals surface area contributed by atoms with Gasteiger partial charge in [-0.1, -0.05) is 6.92 Å². The molecule has 21 heavy (non-hydrogen) atoms. The van der Waals surface area contributed by atoms with E-state index in [-0.39, 0.29) is 11.5 Å². The third-order valence-electron chi connectivity index (χ3n) is 3.26. The number of anilines is 1. The van der Waals surface area contributed by atoms with Gasteiger partial charge in [0.1, 0.15) is 11.4 Å². The van der Waals surface area contributed by atoms with Gasteiger partial charge in [-0.3, -0.25) is 4.79 Å². The lowest BCUT2D eigenvalue weighted by Gasteiger charge is -2.25. The van der Waals surface area contributed by atoms with Crippen LogP contribution in [-0.2, 0) is 14.3 Å². The number of carbonyl (C=O) groups excluding carboxylic acids is 1. The van der Waals surface area contributed by atoms with Crippen molar-refractivity contribution in [1.82, 2.24) is 0 Å². The fraction of sp³-hybridized carbons (Fsp3) is 0.333. The van der Waals surface area contributed by atoms with Gasteiger partial charge in [0.15, 0.2) is 0 Å². The van der Waals surface area contributed by atoms with Crippen LogP contribution in [0.2, 0.25) is 0 Å². The molecule has 0 saturated carbocycles. The molecule has 1 aromatic rings. The van der Waals surface area contributed by atoms with Gasteiger partial charge in [-0.2, -0.15) is 0 Å². The molecule has 0 radical (unpaired) electrons. The summed E-state index contributed by atoms with van der Waals surface area (Å²) in [5.74, 6) is -2.11. The molecule has 6 heteroatoms. The molecule has 1 unspecified atom stereocenters. The van der Waals surface area contributed by atoms with Gasteiger partial charge in [0.2, 0.25) is 0 Å². The Labute approximate surface area is 122 Å². The predicted octanol–water partition coefficient (Wildman–Crippen LogP) is 2.68. The predicted molar refractivity (Wildman–Crippen MR) is 77.4 cm³/mol. The summed E-state index contributed by atoms with van der Waals surface area (Å²) in [6.07, 6.45) is 2.43. The molecule has 5 nitrogen and oxygen atoms in total. The summed E-state index contributed by atoms with van der Waals surface area (Å²) in [6.45, 7) is 3.46. The molecule has 1 rings (SSSR count).